The summed E-state index contributed by atoms with van der Waals surface area (Å²) in [5.74, 6) is -0.287. The third kappa shape index (κ3) is 31.5. The molecule has 3 heterocycles. The van der Waals surface area contributed by atoms with Crippen molar-refractivity contribution in [1.82, 2.24) is 5.32 Å². The molecule has 0 aromatic carbocycles. The van der Waals surface area contributed by atoms with E-state index in [0.717, 1.165) is 44.9 Å². The zero-order chi connectivity index (χ0) is 61.9. The predicted molar refractivity (Wildman–Crippen MR) is 328 cm³/mol. The largest absolute Gasteiger partial charge is 0.394 e. The third-order valence-electron chi connectivity index (χ3n) is 16.9. The van der Waals surface area contributed by atoms with Crippen LogP contribution in [0.3, 0.4) is 0 Å². The average molecular weight is 1220 g/mol. The lowest BCUT2D eigenvalue weighted by Gasteiger charge is -2.48. The zero-order valence-corrected chi connectivity index (χ0v) is 52.3. The van der Waals surface area contributed by atoms with Crippen LogP contribution in [-0.4, -0.2) is 193 Å². The van der Waals surface area contributed by atoms with Crippen molar-refractivity contribution in [3.05, 3.63) is 36.5 Å². The van der Waals surface area contributed by atoms with E-state index >= 15 is 0 Å². The van der Waals surface area contributed by atoms with Gasteiger partial charge in [-0.2, -0.15) is 0 Å². The van der Waals surface area contributed by atoms with Gasteiger partial charge in [0.05, 0.1) is 38.6 Å². The molecule has 19 nitrogen and oxygen atoms in total. The summed E-state index contributed by atoms with van der Waals surface area (Å²) in [6, 6.07) is -0.993. The fraction of sp³-hybridized carbons (Fsp3) is 0.894. The maximum Gasteiger partial charge on any atom is 0.220 e. The van der Waals surface area contributed by atoms with Crippen molar-refractivity contribution in [3.63, 3.8) is 0 Å². The highest BCUT2D eigenvalue weighted by atomic mass is 16.8. The molecule has 0 aliphatic carbocycles. The number of hydrogen-bond acceptors (Lipinski definition) is 18. The van der Waals surface area contributed by atoms with Crippen molar-refractivity contribution in [2.75, 3.05) is 26.4 Å². The summed E-state index contributed by atoms with van der Waals surface area (Å²) in [6.45, 7) is 1.72. The minimum Gasteiger partial charge on any atom is -0.394 e. The highest BCUT2D eigenvalue weighted by Crippen LogP contribution is 2.33. The molecule has 17 unspecified atom stereocenters. The van der Waals surface area contributed by atoms with Crippen LogP contribution in [-0.2, 0) is 33.2 Å². The Morgan fingerprint density at radius 3 is 1.18 bits per heavy atom. The SMILES string of the molecule is CCCCCCCCCCCCCCCCC/C=C/CC/C=C/CC/C=C/C(O)C(COC1OC(CO)C(OC2OC(CO)C(OC3OC(CO)C(O)C(O)C3O)C(O)C2O)C(O)C1O)NC(=O)CCCCCCCCCCCCCCCCC. The molecule has 0 aromatic heterocycles. The number of aliphatic hydroxyl groups is 11. The van der Waals surface area contributed by atoms with Gasteiger partial charge in [0.25, 0.3) is 0 Å². The minimum absolute atomic E-state index is 0.235. The summed E-state index contributed by atoms with van der Waals surface area (Å²) < 4.78 is 34.3. The normalized spacial score (nSPS) is 29.2. The second-order valence-corrected chi connectivity index (χ2v) is 24.3. The second-order valence-electron chi connectivity index (χ2n) is 24.3. The molecule has 0 spiro atoms. The molecule has 17 atom stereocenters. The van der Waals surface area contributed by atoms with E-state index in [0.29, 0.717) is 12.8 Å². The summed E-state index contributed by atoms with van der Waals surface area (Å²) in [4.78, 5) is 13.4. The second kappa shape index (κ2) is 48.8. The summed E-state index contributed by atoms with van der Waals surface area (Å²) in [6.07, 6.45) is 28.4. The molecule has 12 N–H and O–H groups in total. The lowest BCUT2D eigenvalue weighted by molar-refractivity contribution is -0.379. The van der Waals surface area contributed by atoms with Gasteiger partial charge >= 0.3 is 0 Å². The predicted octanol–water partition coefficient (Wildman–Crippen LogP) is 8.05. The van der Waals surface area contributed by atoms with E-state index in [-0.39, 0.29) is 18.9 Å². The number of hydrogen-bond donors (Lipinski definition) is 12. The monoisotopic (exact) mass is 1220 g/mol. The first-order valence-electron chi connectivity index (χ1n) is 33.7. The van der Waals surface area contributed by atoms with Gasteiger partial charge in [0.1, 0.15) is 73.2 Å². The topological polar surface area (TPSA) is 307 Å². The van der Waals surface area contributed by atoms with Gasteiger partial charge in [-0.3, -0.25) is 4.79 Å². The van der Waals surface area contributed by atoms with Crippen LogP contribution in [0.2, 0.25) is 0 Å². The quantitative estimate of drug-likeness (QED) is 0.0202. The van der Waals surface area contributed by atoms with E-state index in [1.807, 2.05) is 6.08 Å². The van der Waals surface area contributed by atoms with E-state index in [4.69, 9.17) is 28.4 Å². The smallest absolute Gasteiger partial charge is 0.220 e. The third-order valence-corrected chi connectivity index (χ3v) is 16.9. The molecule has 1 amide bonds. The van der Waals surface area contributed by atoms with Crippen LogP contribution in [0.15, 0.2) is 36.5 Å². The number of rotatable bonds is 51. The first-order valence-corrected chi connectivity index (χ1v) is 33.7. The van der Waals surface area contributed by atoms with Gasteiger partial charge in [-0.05, 0) is 44.9 Å². The zero-order valence-electron chi connectivity index (χ0n) is 52.3. The Bertz CT molecular complexity index is 1690. The van der Waals surface area contributed by atoms with Crippen LogP contribution in [0.5, 0.6) is 0 Å². The van der Waals surface area contributed by atoms with Crippen molar-refractivity contribution < 1.29 is 89.4 Å². The highest BCUT2D eigenvalue weighted by molar-refractivity contribution is 5.76. The number of amides is 1. The molecule has 0 saturated carbocycles. The number of aliphatic hydroxyl groups excluding tert-OH is 11. The van der Waals surface area contributed by atoms with Crippen molar-refractivity contribution in [3.8, 4) is 0 Å². The van der Waals surface area contributed by atoms with Gasteiger partial charge in [-0.1, -0.05) is 230 Å². The first-order chi connectivity index (χ1) is 41.3. The van der Waals surface area contributed by atoms with Gasteiger partial charge < -0.3 is 89.9 Å². The van der Waals surface area contributed by atoms with E-state index in [1.165, 1.54) is 167 Å². The first kappa shape index (κ1) is 77.3. The van der Waals surface area contributed by atoms with Gasteiger partial charge in [0.15, 0.2) is 18.9 Å². The van der Waals surface area contributed by atoms with Crippen LogP contribution >= 0.6 is 0 Å². The van der Waals surface area contributed by atoms with Crippen molar-refractivity contribution in [2.45, 2.75) is 349 Å². The van der Waals surface area contributed by atoms with E-state index < -0.39 is 124 Å². The number of carbonyl (C=O) groups excluding carboxylic acids is 1. The molecular formula is C66H121NO18. The van der Waals surface area contributed by atoms with Crippen LogP contribution in [0.1, 0.15) is 245 Å². The van der Waals surface area contributed by atoms with Crippen molar-refractivity contribution in [2.24, 2.45) is 0 Å². The molecule has 0 radical (unpaired) electrons. The Labute approximate surface area is 511 Å². The van der Waals surface area contributed by atoms with E-state index in [1.54, 1.807) is 6.08 Å². The van der Waals surface area contributed by atoms with Crippen LogP contribution in [0, 0.1) is 0 Å². The maximum absolute atomic E-state index is 13.4. The summed E-state index contributed by atoms with van der Waals surface area (Å²) in [5, 5.41) is 120. The lowest BCUT2D eigenvalue weighted by atomic mass is 9.96. The van der Waals surface area contributed by atoms with Gasteiger partial charge in [0.2, 0.25) is 5.91 Å². The van der Waals surface area contributed by atoms with Gasteiger partial charge in [0, 0.05) is 6.42 Å². The van der Waals surface area contributed by atoms with Crippen LogP contribution in [0.25, 0.3) is 0 Å². The molecular weight excluding hydrogens is 1090 g/mol. The number of carbonyl (C=O) groups is 1. The summed E-state index contributed by atoms with van der Waals surface area (Å²) in [5.41, 5.74) is 0. The van der Waals surface area contributed by atoms with Crippen LogP contribution in [0.4, 0.5) is 0 Å². The van der Waals surface area contributed by atoms with Crippen molar-refractivity contribution >= 4 is 5.91 Å². The summed E-state index contributed by atoms with van der Waals surface area (Å²) in [7, 11) is 0. The Morgan fingerprint density at radius 1 is 0.412 bits per heavy atom. The Morgan fingerprint density at radius 2 is 0.753 bits per heavy atom. The van der Waals surface area contributed by atoms with Crippen LogP contribution < -0.4 is 5.32 Å². The minimum atomic E-state index is -1.98. The fourth-order valence-corrected chi connectivity index (χ4v) is 11.4. The van der Waals surface area contributed by atoms with Crippen molar-refractivity contribution in [1.29, 1.82) is 0 Å². The Hall–Kier alpha value is -1.99. The molecule has 85 heavy (non-hydrogen) atoms. The Kier molecular flexibility index (Phi) is 44.4. The van der Waals surface area contributed by atoms with E-state index in [9.17, 15) is 61.0 Å². The molecule has 19 heteroatoms. The van der Waals surface area contributed by atoms with Gasteiger partial charge in [-0.15, -0.1) is 0 Å². The molecule has 3 aliphatic rings. The number of nitrogens with one attached hydrogen (secondary N) is 1. The molecule has 0 bridgehead atoms. The maximum atomic E-state index is 13.4. The molecule has 3 rings (SSSR count). The standard InChI is InChI=1S/C66H121NO18/c1-3-5-7-9-11-13-15-17-19-20-21-22-23-24-25-26-27-28-30-31-33-35-37-39-41-43-50(71)49(67-54(72)44-42-40-38-36-34-32-29-18-16-14-12-10-8-6-4-2)48-80-64-60(78)57(75)62(52(46-69)82-64)85-66-61(79)58(76)63(53(47-70)83-66)84-65-59(77)56(74)55(73)51(45-68)81-65/h27-28,33,35,41,43,49-53,55-66,68-71,73-79H,3-26,29-32,34,36-40,42,44-48H2,1-2H3,(H,67,72)/b28-27+,35-33+,43-41+. The summed E-state index contributed by atoms with van der Waals surface area (Å²) >= 11 is 0. The van der Waals surface area contributed by atoms with E-state index in [2.05, 4.69) is 43.5 Å². The van der Waals surface area contributed by atoms with Gasteiger partial charge in [-0.25, -0.2) is 0 Å². The Balaban J connectivity index is 1.47. The molecule has 3 aliphatic heterocycles. The number of allylic oxidation sites excluding steroid dienone is 5. The lowest BCUT2D eigenvalue weighted by Crippen LogP contribution is -2.66. The number of unbranched alkanes of at least 4 members (excludes halogenated alkanes) is 31. The molecule has 3 fully saturated rings. The molecule has 3 saturated heterocycles. The molecule has 0 aromatic rings. The highest BCUT2D eigenvalue weighted by Gasteiger charge is 2.53. The number of ether oxygens (including phenoxy) is 6. The fourth-order valence-electron chi connectivity index (χ4n) is 11.4. The molecule has 498 valence electrons. The average Bonchev–Trinajstić information content (AvgIpc) is 3.19.